The van der Waals surface area contributed by atoms with Crippen LogP contribution in [0, 0.1) is 0 Å². The molecule has 0 aliphatic rings. The lowest BCUT2D eigenvalue weighted by atomic mass is 10.0. The van der Waals surface area contributed by atoms with Crippen LogP contribution < -0.4 is 4.74 Å². The summed E-state index contributed by atoms with van der Waals surface area (Å²) in [6.07, 6.45) is 2.06. The smallest absolute Gasteiger partial charge is 0.123 e. The summed E-state index contributed by atoms with van der Waals surface area (Å²) < 4.78 is 5.72. The van der Waals surface area contributed by atoms with Crippen LogP contribution in [0.5, 0.6) is 5.75 Å². The van der Waals surface area contributed by atoms with Crippen molar-refractivity contribution in [1.29, 1.82) is 0 Å². The van der Waals surface area contributed by atoms with Gasteiger partial charge >= 0.3 is 0 Å². The average molecular weight is 225 g/mol. The van der Waals surface area contributed by atoms with Gasteiger partial charge in [-0.3, -0.25) is 0 Å². The lowest BCUT2D eigenvalue weighted by molar-refractivity contribution is 0.239. The maximum Gasteiger partial charge on any atom is 0.123 e. The number of halogens is 1. The van der Waals surface area contributed by atoms with Gasteiger partial charge in [0.15, 0.2) is 0 Å². The molecule has 1 unspecified atom stereocenters. The molecule has 0 bridgehead atoms. The van der Waals surface area contributed by atoms with Crippen LogP contribution in [0.1, 0.15) is 32.3 Å². The lowest BCUT2D eigenvalue weighted by Crippen LogP contribution is -2.08. The minimum Gasteiger partial charge on any atom is -0.491 e. The van der Waals surface area contributed by atoms with Crippen LogP contribution in [0.3, 0.4) is 0 Å². The van der Waals surface area contributed by atoms with E-state index in [1.807, 2.05) is 38.1 Å². The van der Waals surface area contributed by atoms with E-state index in [1.165, 1.54) is 0 Å². The van der Waals surface area contributed by atoms with E-state index in [1.54, 1.807) is 0 Å². The fraction of sp³-hybridized carbons (Fsp3) is 0.385. The Kier molecular flexibility index (Phi) is 4.22. The molecule has 1 aromatic rings. The van der Waals surface area contributed by atoms with Crippen LogP contribution >= 0.6 is 11.6 Å². The summed E-state index contributed by atoms with van der Waals surface area (Å²) in [5.74, 6) is 1.14. The van der Waals surface area contributed by atoms with Crippen LogP contribution in [0.2, 0.25) is 5.02 Å². The molecule has 0 aromatic heterocycles. The predicted molar refractivity (Wildman–Crippen MR) is 65.8 cm³/mol. The number of allylic oxidation sites excluding steroid dienone is 1. The largest absolute Gasteiger partial charge is 0.491 e. The zero-order valence-corrected chi connectivity index (χ0v) is 10.2. The number of benzene rings is 1. The molecule has 0 aliphatic carbocycles. The molecule has 0 heterocycles. The van der Waals surface area contributed by atoms with Gasteiger partial charge < -0.3 is 4.74 Å². The average Bonchev–Trinajstić information content (AvgIpc) is 2.19. The second-order valence-corrected chi connectivity index (χ2v) is 4.31. The van der Waals surface area contributed by atoms with Crippen molar-refractivity contribution in [3.05, 3.63) is 41.4 Å². The summed E-state index contributed by atoms with van der Waals surface area (Å²) in [5, 5.41) is 0.731. The Morgan fingerprint density at radius 1 is 1.33 bits per heavy atom. The molecular formula is C13H17ClO. The van der Waals surface area contributed by atoms with Gasteiger partial charge in [-0.25, -0.2) is 0 Å². The Morgan fingerprint density at radius 3 is 2.53 bits per heavy atom. The molecule has 0 saturated carbocycles. The van der Waals surface area contributed by atoms with Crippen molar-refractivity contribution in [2.75, 3.05) is 0 Å². The van der Waals surface area contributed by atoms with Crippen LogP contribution in [0.4, 0.5) is 0 Å². The van der Waals surface area contributed by atoms with Gasteiger partial charge in [-0.15, -0.1) is 6.58 Å². The van der Waals surface area contributed by atoms with Gasteiger partial charge in [0.25, 0.3) is 0 Å². The molecule has 0 N–H and O–H groups in total. The Balaban J connectivity index is 3.08. The molecule has 1 rings (SSSR count). The zero-order chi connectivity index (χ0) is 11.4. The van der Waals surface area contributed by atoms with Crippen LogP contribution in [-0.4, -0.2) is 6.10 Å². The summed E-state index contributed by atoms with van der Waals surface area (Å²) in [7, 11) is 0. The first-order valence-electron chi connectivity index (χ1n) is 5.13. The summed E-state index contributed by atoms with van der Waals surface area (Å²) in [5.41, 5.74) is 1.09. The summed E-state index contributed by atoms with van der Waals surface area (Å²) >= 11 is 5.96. The highest BCUT2D eigenvalue weighted by Crippen LogP contribution is 2.30. The molecule has 15 heavy (non-hydrogen) atoms. The van der Waals surface area contributed by atoms with Gasteiger partial charge in [0.1, 0.15) is 5.75 Å². The summed E-state index contributed by atoms with van der Waals surface area (Å²) in [6.45, 7) is 9.89. The van der Waals surface area contributed by atoms with E-state index < -0.39 is 0 Å². The van der Waals surface area contributed by atoms with Crippen LogP contribution in [-0.2, 0) is 0 Å². The van der Waals surface area contributed by atoms with E-state index in [0.717, 1.165) is 16.3 Å². The standard InChI is InChI=1S/C13H17ClO/c1-5-10(4)12-8-11(14)6-7-13(12)15-9(2)3/h5-10H,1H2,2-4H3. The highest BCUT2D eigenvalue weighted by Gasteiger charge is 2.10. The van der Waals surface area contributed by atoms with Crippen molar-refractivity contribution in [3.8, 4) is 5.75 Å². The minimum absolute atomic E-state index is 0.168. The topological polar surface area (TPSA) is 9.23 Å². The highest BCUT2D eigenvalue weighted by atomic mass is 35.5. The molecule has 2 heteroatoms. The third kappa shape index (κ3) is 3.28. The Hall–Kier alpha value is -0.950. The number of rotatable bonds is 4. The quantitative estimate of drug-likeness (QED) is 0.688. The van der Waals surface area contributed by atoms with Gasteiger partial charge in [-0.1, -0.05) is 24.6 Å². The van der Waals surface area contributed by atoms with Gasteiger partial charge in [-0.2, -0.15) is 0 Å². The van der Waals surface area contributed by atoms with E-state index in [-0.39, 0.29) is 12.0 Å². The molecule has 82 valence electrons. The first-order valence-corrected chi connectivity index (χ1v) is 5.51. The monoisotopic (exact) mass is 224 g/mol. The van der Waals surface area contributed by atoms with Crippen molar-refractivity contribution in [3.63, 3.8) is 0 Å². The molecule has 0 aliphatic heterocycles. The number of ether oxygens (including phenoxy) is 1. The second-order valence-electron chi connectivity index (χ2n) is 3.87. The first kappa shape index (κ1) is 12.1. The van der Waals surface area contributed by atoms with E-state index in [2.05, 4.69) is 13.5 Å². The number of hydrogen-bond acceptors (Lipinski definition) is 1. The van der Waals surface area contributed by atoms with E-state index in [4.69, 9.17) is 16.3 Å². The van der Waals surface area contributed by atoms with Crippen molar-refractivity contribution in [1.82, 2.24) is 0 Å². The molecule has 0 amide bonds. The molecular weight excluding hydrogens is 208 g/mol. The van der Waals surface area contributed by atoms with Gasteiger partial charge in [0.05, 0.1) is 6.10 Å². The highest BCUT2D eigenvalue weighted by molar-refractivity contribution is 6.30. The van der Waals surface area contributed by atoms with Crippen molar-refractivity contribution < 1.29 is 4.74 Å². The Bertz CT molecular complexity index is 344. The Morgan fingerprint density at radius 2 is 2.00 bits per heavy atom. The molecule has 0 saturated heterocycles. The second kappa shape index (κ2) is 5.22. The molecule has 1 atom stereocenters. The van der Waals surface area contributed by atoms with Gasteiger partial charge in [0.2, 0.25) is 0 Å². The zero-order valence-electron chi connectivity index (χ0n) is 9.46. The molecule has 0 radical (unpaired) electrons. The van der Waals surface area contributed by atoms with E-state index in [9.17, 15) is 0 Å². The fourth-order valence-corrected chi connectivity index (χ4v) is 1.54. The molecule has 0 spiro atoms. The predicted octanol–water partition coefficient (Wildman–Crippen LogP) is 4.42. The van der Waals surface area contributed by atoms with Crippen molar-refractivity contribution >= 4 is 11.6 Å². The Labute approximate surface area is 96.7 Å². The molecule has 1 nitrogen and oxygen atoms in total. The first-order chi connectivity index (χ1) is 7.04. The molecule has 1 aromatic carbocycles. The third-order valence-electron chi connectivity index (χ3n) is 2.18. The fourth-order valence-electron chi connectivity index (χ4n) is 1.36. The normalized spacial score (nSPS) is 12.6. The van der Waals surface area contributed by atoms with Crippen LogP contribution in [0.25, 0.3) is 0 Å². The van der Waals surface area contributed by atoms with Crippen molar-refractivity contribution in [2.24, 2.45) is 0 Å². The van der Waals surface area contributed by atoms with E-state index >= 15 is 0 Å². The number of hydrogen-bond donors (Lipinski definition) is 0. The maximum absolute atomic E-state index is 5.96. The third-order valence-corrected chi connectivity index (χ3v) is 2.41. The van der Waals surface area contributed by atoms with Crippen LogP contribution in [0.15, 0.2) is 30.9 Å². The lowest BCUT2D eigenvalue weighted by Gasteiger charge is -2.17. The SMILES string of the molecule is C=CC(C)c1cc(Cl)ccc1OC(C)C. The summed E-state index contributed by atoms with van der Waals surface area (Å²) in [6, 6.07) is 5.70. The minimum atomic E-state index is 0.168. The summed E-state index contributed by atoms with van der Waals surface area (Å²) in [4.78, 5) is 0. The van der Waals surface area contributed by atoms with Gasteiger partial charge in [0, 0.05) is 16.5 Å². The molecule has 0 fully saturated rings. The maximum atomic E-state index is 5.96. The van der Waals surface area contributed by atoms with E-state index in [0.29, 0.717) is 0 Å². The van der Waals surface area contributed by atoms with Gasteiger partial charge in [-0.05, 0) is 32.0 Å². The van der Waals surface area contributed by atoms with Crippen molar-refractivity contribution in [2.45, 2.75) is 32.8 Å².